The Balaban J connectivity index is 2.00. The molecule has 4 nitrogen and oxygen atoms in total. The van der Waals surface area contributed by atoms with Crippen LogP contribution in [0.2, 0.25) is 0 Å². The summed E-state index contributed by atoms with van der Waals surface area (Å²) in [5.41, 5.74) is 0.994. The highest BCUT2D eigenvalue weighted by atomic mass is 16.4. The van der Waals surface area contributed by atoms with E-state index < -0.39 is 5.97 Å². The van der Waals surface area contributed by atoms with E-state index in [0.29, 0.717) is 25.4 Å². The molecule has 1 heterocycles. The Morgan fingerprint density at radius 2 is 2.00 bits per heavy atom. The maximum absolute atomic E-state index is 12.3. The van der Waals surface area contributed by atoms with Gasteiger partial charge in [-0.25, -0.2) is 0 Å². The summed E-state index contributed by atoms with van der Waals surface area (Å²) in [5.74, 6) is -0.440. The van der Waals surface area contributed by atoms with Gasteiger partial charge in [0.15, 0.2) is 0 Å². The molecule has 2 aliphatic rings. The molecule has 2 fully saturated rings. The summed E-state index contributed by atoms with van der Waals surface area (Å²) in [6, 6.07) is 0. The lowest BCUT2D eigenvalue weighted by atomic mass is 9.92. The van der Waals surface area contributed by atoms with Crippen molar-refractivity contribution in [1.82, 2.24) is 4.90 Å². The van der Waals surface area contributed by atoms with Gasteiger partial charge >= 0.3 is 5.97 Å². The summed E-state index contributed by atoms with van der Waals surface area (Å²) in [6.07, 6.45) is 2.93. The zero-order chi connectivity index (χ0) is 14.2. The van der Waals surface area contributed by atoms with Gasteiger partial charge in [-0.15, -0.1) is 6.58 Å². The molecule has 1 aliphatic heterocycles. The maximum atomic E-state index is 12.3. The average Bonchev–Trinajstić information content (AvgIpc) is 3.06. The first kappa shape index (κ1) is 14.1. The number of rotatable bonds is 5. The lowest BCUT2D eigenvalue weighted by molar-refractivity contribution is -0.143. The summed E-state index contributed by atoms with van der Waals surface area (Å²) >= 11 is 0. The van der Waals surface area contributed by atoms with Crippen molar-refractivity contribution in [3.8, 4) is 0 Å². The number of carbonyl (C=O) groups excluding carboxylic acids is 1. The summed E-state index contributed by atoms with van der Waals surface area (Å²) in [5, 5.41) is 9.29. The number of aliphatic carboxylic acids is 1. The lowest BCUT2D eigenvalue weighted by Gasteiger charge is -2.21. The van der Waals surface area contributed by atoms with Crippen molar-refractivity contribution in [2.45, 2.75) is 33.1 Å². The van der Waals surface area contributed by atoms with Crippen LogP contribution in [0, 0.1) is 23.7 Å². The molecule has 0 bridgehead atoms. The third-order valence-corrected chi connectivity index (χ3v) is 4.30. The molecule has 1 saturated heterocycles. The topological polar surface area (TPSA) is 57.6 Å². The quantitative estimate of drug-likeness (QED) is 0.775. The Labute approximate surface area is 114 Å². The predicted octanol–water partition coefficient (Wildman–Crippen LogP) is 2.16. The van der Waals surface area contributed by atoms with Crippen molar-refractivity contribution in [2.75, 3.05) is 13.1 Å². The average molecular weight is 265 g/mol. The number of hydrogen-bond donors (Lipinski definition) is 1. The van der Waals surface area contributed by atoms with Crippen LogP contribution in [0.1, 0.15) is 33.1 Å². The normalized spacial score (nSPS) is 28.2. The molecular formula is C15H23NO3. The molecule has 1 saturated carbocycles. The van der Waals surface area contributed by atoms with E-state index in [0.717, 1.165) is 18.4 Å². The Morgan fingerprint density at radius 3 is 2.47 bits per heavy atom. The van der Waals surface area contributed by atoms with Crippen molar-refractivity contribution < 1.29 is 14.7 Å². The number of allylic oxidation sites excluding steroid dienone is 1. The third-order valence-electron chi connectivity index (χ3n) is 4.30. The van der Waals surface area contributed by atoms with E-state index >= 15 is 0 Å². The minimum Gasteiger partial charge on any atom is -0.481 e. The van der Waals surface area contributed by atoms with E-state index in [1.54, 1.807) is 4.90 Å². The fourth-order valence-electron chi connectivity index (χ4n) is 3.19. The number of hydrogen-bond acceptors (Lipinski definition) is 2. The van der Waals surface area contributed by atoms with Crippen molar-refractivity contribution in [1.29, 1.82) is 0 Å². The zero-order valence-electron chi connectivity index (χ0n) is 11.8. The van der Waals surface area contributed by atoms with E-state index in [1.165, 1.54) is 0 Å². The molecule has 1 amide bonds. The smallest absolute Gasteiger partial charge is 0.308 e. The first-order chi connectivity index (χ1) is 8.90. The zero-order valence-corrected chi connectivity index (χ0v) is 11.8. The van der Waals surface area contributed by atoms with E-state index in [-0.39, 0.29) is 23.7 Å². The van der Waals surface area contributed by atoms with E-state index in [1.807, 2.05) is 13.8 Å². The molecule has 2 rings (SSSR count). The second-order valence-electron chi connectivity index (χ2n) is 6.25. The van der Waals surface area contributed by atoms with Gasteiger partial charge in [0.05, 0.1) is 5.92 Å². The van der Waals surface area contributed by atoms with Gasteiger partial charge in [-0.1, -0.05) is 12.5 Å². The molecule has 19 heavy (non-hydrogen) atoms. The number of carbonyl (C=O) groups is 2. The molecule has 1 N–H and O–H groups in total. The molecule has 0 radical (unpaired) electrons. The SMILES string of the molecule is C=C(C)CC(C)C(=O)N1C[C@H](C(=O)O)[C@@H](C2CC2)C1. The Kier molecular flexibility index (Phi) is 3.97. The first-order valence-corrected chi connectivity index (χ1v) is 7.06. The Morgan fingerprint density at radius 1 is 1.37 bits per heavy atom. The molecule has 1 unspecified atom stereocenters. The van der Waals surface area contributed by atoms with Crippen LogP contribution in [-0.4, -0.2) is 35.0 Å². The Hall–Kier alpha value is -1.32. The first-order valence-electron chi connectivity index (χ1n) is 7.06. The van der Waals surface area contributed by atoms with Gasteiger partial charge in [0, 0.05) is 19.0 Å². The number of nitrogens with zero attached hydrogens (tertiary/aromatic N) is 1. The van der Waals surface area contributed by atoms with Crippen molar-refractivity contribution in [3.63, 3.8) is 0 Å². The second-order valence-corrected chi connectivity index (χ2v) is 6.25. The van der Waals surface area contributed by atoms with Crippen LogP contribution >= 0.6 is 0 Å². The van der Waals surface area contributed by atoms with Gasteiger partial charge in [-0.3, -0.25) is 9.59 Å². The van der Waals surface area contributed by atoms with Gasteiger partial charge in [0.25, 0.3) is 0 Å². The van der Waals surface area contributed by atoms with Gasteiger partial charge in [0.1, 0.15) is 0 Å². The largest absolute Gasteiger partial charge is 0.481 e. The van der Waals surface area contributed by atoms with Crippen LogP contribution in [0.5, 0.6) is 0 Å². The summed E-state index contributed by atoms with van der Waals surface area (Å²) in [6.45, 7) is 8.66. The maximum Gasteiger partial charge on any atom is 0.308 e. The standard InChI is InChI=1S/C15H23NO3/c1-9(2)6-10(3)14(17)16-7-12(11-4-5-11)13(8-16)15(18)19/h10-13H,1,4-8H2,2-3H3,(H,18,19)/t10?,12-,13+/m1/s1. The molecule has 0 spiro atoms. The minimum absolute atomic E-state index is 0.0809. The minimum atomic E-state index is -0.750. The molecule has 106 valence electrons. The van der Waals surface area contributed by atoms with Crippen molar-refractivity contribution in [2.24, 2.45) is 23.7 Å². The van der Waals surface area contributed by atoms with Gasteiger partial charge in [0.2, 0.25) is 5.91 Å². The van der Waals surface area contributed by atoms with Crippen LogP contribution < -0.4 is 0 Å². The molecule has 1 aliphatic carbocycles. The fraction of sp³-hybridized carbons (Fsp3) is 0.733. The van der Waals surface area contributed by atoms with Gasteiger partial charge in [-0.05, 0) is 38.0 Å². The number of carboxylic acids is 1. The van der Waals surface area contributed by atoms with Crippen LogP contribution in [-0.2, 0) is 9.59 Å². The van der Waals surface area contributed by atoms with Crippen LogP contribution in [0.3, 0.4) is 0 Å². The molecule has 0 aromatic carbocycles. The summed E-state index contributed by atoms with van der Waals surface area (Å²) < 4.78 is 0. The molecule has 0 aromatic rings. The fourth-order valence-corrected chi connectivity index (χ4v) is 3.19. The van der Waals surface area contributed by atoms with Crippen molar-refractivity contribution in [3.05, 3.63) is 12.2 Å². The van der Waals surface area contributed by atoms with E-state index in [9.17, 15) is 14.7 Å². The molecule has 3 atom stereocenters. The molecule has 4 heteroatoms. The third kappa shape index (κ3) is 3.17. The van der Waals surface area contributed by atoms with Crippen LogP contribution in [0.4, 0.5) is 0 Å². The molecule has 0 aromatic heterocycles. The van der Waals surface area contributed by atoms with E-state index in [2.05, 4.69) is 6.58 Å². The highest BCUT2D eigenvalue weighted by Gasteiger charge is 2.47. The lowest BCUT2D eigenvalue weighted by Crippen LogP contribution is -2.34. The number of carboxylic acid groups (broad SMARTS) is 1. The van der Waals surface area contributed by atoms with Gasteiger partial charge < -0.3 is 10.0 Å². The number of amides is 1. The van der Waals surface area contributed by atoms with Crippen LogP contribution in [0.15, 0.2) is 12.2 Å². The number of likely N-dealkylation sites (tertiary alicyclic amines) is 1. The highest BCUT2D eigenvalue weighted by molar-refractivity contribution is 5.81. The monoisotopic (exact) mass is 265 g/mol. The molecular weight excluding hydrogens is 242 g/mol. The highest BCUT2D eigenvalue weighted by Crippen LogP contribution is 2.44. The summed E-state index contributed by atoms with van der Waals surface area (Å²) in [7, 11) is 0. The summed E-state index contributed by atoms with van der Waals surface area (Å²) in [4.78, 5) is 25.4. The van der Waals surface area contributed by atoms with Gasteiger partial charge in [-0.2, -0.15) is 0 Å². The Bertz CT molecular complexity index is 400. The predicted molar refractivity (Wildman–Crippen MR) is 72.5 cm³/mol. The van der Waals surface area contributed by atoms with Crippen molar-refractivity contribution >= 4 is 11.9 Å². The van der Waals surface area contributed by atoms with E-state index in [4.69, 9.17) is 0 Å². The van der Waals surface area contributed by atoms with Crippen LogP contribution in [0.25, 0.3) is 0 Å². The second kappa shape index (κ2) is 5.35.